The van der Waals surface area contributed by atoms with Gasteiger partial charge in [0.1, 0.15) is 0 Å². The molecule has 1 saturated heterocycles. The molecule has 0 aromatic heterocycles. The molecule has 1 aliphatic rings. The molecule has 1 unspecified atom stereocenters. The van der Waals surface area contributed by atoms with E-state index in [1.807, 2.05) is 20.8 Å². The highest BCUT2D eigenvalue weighted by atomic mass is 32.2. The first-order valence-electron chi connectivity index (χ1n) is 10.8. The van der Waals surface area contributed by atoms with Crippen LogP contribution in [0.15, 0.2) is 53.4 Å². The van der Waals surface area contributed by atoms with E-state index < -0.39 is 10.0 Å². The summed E-state index contributed by atoms with van der Waals surface area (Å²) in [6.45, 7) is 6.70. The highest BCUT2D eigenvalue weighted by molar-refractivity contribution is 7.92. The normalized spacial score (nSPS) is 16.7. The summed E-state index contributed by atoms with van der Waals surface area (Å²) < 4.78 is 27.0. The maximum Gasteiger partial charge on any atom is 0.264 e. The molecule has 172 valence electrons. The molecule has 1 aliphatic heterocycles. The van der Waals surface area contributed by atoms with Crippen LogP contribution in [0, 0.1) is 12.8 Å². The first kappa shape index (κ1) is 23.8. The Bertz CT molecular complexity index is 1060. The van der Waals surface area contributed by atoms with Gasteiger partial charge in [0, 0.05) is 37.7 Å². The number of amides is 2. The molecule has 1 heterocycles. The number of carbonyl (C=O) groups excluding carboxylic acids is 2. The third-order valence-electron chi connectivity index (χ3n) is 5.74. The molecular formula is C24H31N3O4S. The maximum atomic E-state index is 13.0. The van der Waals surface area contributed by atoms with Crippen molar-refractivity contribution in [3.05, 3.63) is 59.7 Å². The molecule has 0 aliphatic carbocycles. The quantitative estimate of drug-likeness (QED) is 0.722. The van der Waals surface area contributed by atoms with Crippen molar-refractivity contribution in [2.45, 2.75) is 44.6 Å². The van der Waals surface area contributed by atoms with Crippen LogP contribution in [-0.2, 0) is 14.8 Å². The van der Waals surface area contributed by atoms with E-state index in [0.717, 1.165) is 18.4 Å². The van der Waals surface area contributed by atoms with E-state index in [1.165, 1.54) is 11.4 Å². The highest BCUT2D eigenvalue weighted by Crippen LogP contribution is 2.23. The Balaban J connectivity index is 1.70. The summed E-state index contributed by atoms with van der Waals surface area (Å²) >= 11 is 0. The molecule has 1 atom stereocenters. The van der Waals surface area contributed by atoms with Crippen LogP contribution in [0.25, 0.3) is 0 Å². The van der Waals surface area contributed by atoms with Gasteiger partial charge in [0.2, 0.25) is 5.91 Å². The lowest BCUT2D eigenvalue weighted by molar-refractivity contribution is -0.125. The predicted octanol–water partition coefficient (Wildman–Crippen LogP) is 3.20. The Labute approximate surface area is 190 Å². The highest BCUT2D eigenvalue weighted by Gasteiger charge is 2.27. The lowest BCUT2D eigenvalue weighted by atomic mass is 10.0. The van der Waals surface area contributed by atoms with Crippen LogP contribution >= 0.6 is 0 Å². The Hall–Kier alpha value is -2.87. The fourth-order valence-electron chi connectivity index (χ4n) is 3.65. The van der Waals surface area contributed by atoms with Crippen molar-refractivity contribution in [2.75, 3.05) is 24.4 Å². The molecule has 3 rings (SSSR count). The Morgan fingerprint density at radius 1 is 1.06 bits per heavy atom. The molecule has 32 heavy (non-hydrogen) atoms. The number of nitrogens with zero attached hydrogens (tertiary/aromatic N) is 2. The summed E-state index contributed by atoms with van der Waals surface area (Å²) in [4.78, 5) is 26.9. The fraction of sp³-hybridized carbons (Fsp3) is 0.417. The van der Waals surface area contributed by atoms with E-state index >= 15 is 0 Å². The van der Waals surface area contributed by atoms with E-state index in [1.54, 1.807) is 53.4 Å². The van der Waals surface area contributed by atoms with Crippen molar-refractivity contribution in [1.29, 1.82) is 0 Å². The van der Waals surface area contributed by atoms with Gasteiger partial charge in [-0.1, -0.05) is 31.5 Å². The van der Waals surface area contributed by atoms with Gasteiger partial charge in [-0.25, -0.2) is 8.42 Å². The van der Waals surface area contributed by atoms with Crippen molar-refractivity contribution in [3.8, 4) is 0 Å². The van der Waals surface area contributed by atoms with Crippen LogP contribution in [0.3, 0.4) is 0 Å². The van der Waals surface area contributed by atoms with Gasteiger partial charge < -0.3 is 10.2 Å². The summed E-state index contributed by atoms with van der Waals surface area (Å²) in [6.07, 6.45) is 1.67. The van der Waals surface area contributed by atoms with E-state index in [-0.39, 0.29) is 28.7 Å². The van der Waals surface area contributed by atoms with Gasteiger partial charge in [-0.3, -0.25) is 13.9 Å². The van der Waals surface area contributed by atoms with Gasteiger partial charge >= 0.3 is 0 Å². The SMILES string of the molecule is Cc1ccc(S(=O)(=O)N(C)c2ccc(C(=O)N3CCCC(NC(=O)C(C)C)C3)cc2)cc1. The first-order chi connectivity index (χ1) is 15.1. The monoisotopic (exact) mass is 457 g/mol. The summed E-state index contributed by atoms with van der Waals surface area (Å²) in [7, 11) is -2.19. The van der Waals surface area contributed by atoms with E-state index in [9.17, 15) is 18.0 Å². The topological polar surface area (TPSA) is 86.8 Å². The van der Waals surface area contributed by atoms with E-state index in [4.69, 9.17) is 0 Å². The number of likely N-dealkylation sites (tertiary alicyclic amines) is 1. The standard InChI is InChI=1S/C24H31N3O4S/c1-17(2)23(28)25-20-6-5-15-27(16-20)24(29)19-9-11-21(12-10-19)26(4)32(30,31)22-13-7-18(3)8-14-22/h7-14,17,20H,5-6,15-16H2,1-4H3,(H,25,28). The molecule has 0 saturated carbocycles. The van der Waals surface area contributed by atoms with Crippen LogP contribution in [0.1, 0.15) is 42.6 Å². The maximum absolute atomic E-state index is 13.0. The summed E-state index contributed by atoms with van der Waals surface area (Å²) in [5.41, 5.74) is 1.95. The van der Waals surface area contributed by atoms with Crippen molar-refractivity contribution < 1.29 is 18.0 Å². The van der Waals surface area contributed by atoms with Gasteiger partial charge in [-0.2, -0.15) is 0 Å². The smallest absolute Gasteiger partial charge is 0.264 e. The molecule has 7 nitrogen and oxygen atoms in total. The zero-order valence-electron chi connectivity index (χ0n) is 19.0. The number of rotatable bonds is 6. The molecule has 2 aromatic rings. The van der Waals surface area contributed by atoms with Crippen molar-refractivity contribution in [2.24, 2.45) is 5.92 Å². The van der Waals surface area contributed by atoms with Gasteiger partial charge in [0.15, 0.2) is 0 Å². The van der Waals surface area contributed by atoms with Gasteiger partial charge in [0.25, 0.3) is 15.9 Å². The summed E-state index contributed by atoms with van der Waals surface area (Å²) in [5.74, 6) is -0.225. The molecule has 2 amide bonds. The molecule has 0 spiro atoms. The molecular weight excluding hydrogens is 426 g/mol. The second-order valence-corrected chi connectivity index (χ2v) is 10.6. The van der Waals surface area contributed by atoms with Crippen LogP contribution < -0.4 is 9.62 Å². The Kier molecular flexibility index (Phi) is 7.23. The number of anilines is 1. The van der Waals surface area contributed by atoms with Crippen molar-refractivity contribution in [3.63, 3.8) is 0 Å². The average Bonchev–Trinajstić information content (AvgIpc) is 2.78. The van der Waals surface area contributed by atoms with Crippen LogP contribution in [0.2, 0.25) is 0 Å². The zero-order valence-corrected chi connectivity index (χ0v) is 19.9. The fourth-order valence-corrected chi connectivity index (χ4v) is 4.85. The largest absolute Gasteiger partial charge is 0.351 e. The van der Waals surface area contributed by atoms with E-state index in [0.29, 0.717) is 24.3 Å². The van der Waals surface area contributed by atoms with Gasteiger partial charge in [-0.05, 0) is 56.2 Å². The minimum atomic E-state index is -3.69. The van der Waals surface area contributed by atoms with Crippen LogP contribution in [0.5, 0.6) is 0 Å². The second kappa shape index (κ2) is 9.73. The van der Waals surface area contributed by atoms with Gasteiger partial charge in [0.05, 0.1) is 10.6 Å². The summed E-state index contributed by atoms with van der Waals surface area (Å²) in [5, 5.41) is 3.01. The number of piperidine rings is 1. The number of hydrogen-bond donors (Lipinski definition) is 1. The van der Waals surface area contributed by atoms with Crippen molar-refractivity contribution >= 4 is 27.5 Å². The zero-order chi connectivity index (χ0) is 23.5. The third-order valence-corrected chi connectivity index (χ3v) is 7.54. The average molecular weight is 458 g/mol. The molecule has 0 radical (unpaired) electrons. The minimum absolute atomic E-state index is 0.00789. The number of sulfonamides is 1. The second-order valence-electron chi connectivity index (χ2n) is 8.59. The molecule has 2 aromatic carbocycles. The van der Waals surface area contributed by atoms with Crippen LogP contribution in [-0.4, -0.2) is 51.3 Å². The Morgan fingerprint density at radius 2 is 1.69 bits per heavy atom. The number of benzene rings is 2. The molecule has 1 fully saturated rings. The number of hydrogen-bond acceptors (Lipinski definition) is 4. The number of nitrogens with one attached hydrogen (secondary N) is 1. The molecule has 0 bridgehead atoms. The van der Waals surface area contributed by atoms with Crippen molar-refractivity contribution in [1.82, 2.24) is 10.2 Å². The predicted molar refractivity (Wildman–Crippen MR) is 125 cm³/mol. The lowest BCUT2D eigenvalue weighted by Crippen LogP contribution is -2.50. The molecule has 8 heteroatoms. The van der Waals surface area contributed by atoms with E-state index in [2.05, 4.69) is 5.32 Å². The minimum Gasteiger partial charge on any atom is -0.351 e. The first-order valence-corrected chi connectivity index (χ1v) is 12.3. The Morgan fingerprint density at radius 3 is 2.28 bits per heavy atom. The van der Waals surface area contributed by atoms with Gasteiger partial charge in [-0.15, -0.1) is 0 Å². The summed E-state index contributed by atoms with van der Waals surface area (Å²) in [6, 6.07) is 13.2. The third kappa shape index (κ3) is 5.30. The number of carbonyl (C=O) groups is 2. The molecule has 1 N–H and O–H groups in total. The number of aryl methyl sites for hydroxylation is 1. The lowest BCUT2D eigenvalue weighted by Gasteiger charge is -2.33. The van der Waals surface area contributed by atoms with Crippen LogP contribution in [0.4, 0.5) is 5.69 Å².